The fourth-order valence-corrected chi connectivity index (χ4v) is 7.53. The summed E-state index contributed by atoms with van der Waals surface area (Å²) in [5.41, 5.74) is 0.525. The van der Waals surface area contributed by atoms with Gasteiger partial charge in [-0.25, -0.2) is 18.1 Å². The number of urea groups is 1. The molecule has 9 heteroatoms. The summed E-state index contributed by atoms with van der Waals surface area (Å²) < 4.78 is 27.9. The zero-order valence-corrected chi connectivity index (χ0v) is 20.7. The van der Waals surface area contributed by atoms with Crippen LogP contribution in [0.25, 0.3) is 0 Å². The number of carbonyl (C=O) groups is 2. The number of hydrogen-bond acceptors (Lipinski definition) is 5. The summed E-state index contributed by atoms with van der Waals surface area (Å²) in [6, 6.07) is 7.15. The van der Waals surface area contributed by atoms with E-state index < -0.39 is 15.6 Å². The highest BCUT2D eigenvalue weighted by atomic mass is 32.2. The Morgan fingerprint density at radius 1 is 0.853 bits per heavy atom. The summed E-state index contributed by atoms with van der Waals surface area (Å²) in [5.74, 6) is 0.428. The first-order valence-corrected chi connectivity index (χ1v) is 14.3. The minimum Gasteiger partial charge on any atom is -0.323 e. The van der Waals surface area contributed by atoms with Gasteiger partial charge in [0, 0.05) is 26.2 Å². The highest BCUT2D eigenvalue weighted by molar-refractivity contribution is 7.89. The van der Waals surface area contributed by atoms with Crippen LogP contribution in [0.5, 0.6) is 0 Å². The van der Waals surface area contributed by atoms with Gasteiger partial charge in [0.1, 0.15) is 5.54 Å². The minimum atomic E-state index is -3.56. The van der Waals surface area contributed by atoms with Gasteiger partial charge in [-0.2, -0.15) is 4.31 Å². The van der Waals surface area contributed by atoms with Crippen molar-refractivity contribution in [3.8, 4) is 0 Å². The summed E-state index contributed by atoms with van der Waals surface area (Å²) in [7, 11) is -3.56. The third kappa shape index (κ3) is 4.50. The number of hydrogen-bond donors (Lipinski definition) is 1. The van der Waals surface area contributed by atoms with Crippen molar-refractivity contribution in [3.63, 3.8) is 0 Å². The molecular formula is C25H36N4O4S. The van der Waals surface area contributed by atoms with Crippen molar-refractivity contribution in [2.75, 3.05) is 32.8 Å². The fraction of sp³-hybridized carbons (Fsp3) is 0.680. The van der Waals surface area contributed by atoms with Gasteiger partial charge < -0.3 is 5.32 Å². The van der Waals surface area contributed by atoms with Crippen molar-refractivity contribution in [3.05, 3.63) is 29.8 Å². The Hall–Kier alpha value is -1.97. The van der Waals surface area contributed by atoms with Crippen LogP contribution < -0.4 is 5.32 Å². The second-order valence-corrected chi connectivity index (χ2v) is 12.3. The highest BCUT2D eigenvalue weighted by Gasteiger charge is 2.51. The molecule has 2 aliphatic heterocycles. The van der Waals surface area contributed by atoms with Gasteiger partial charge in [0.2, 0.25) is 10.0 Å². The molecule has 4 fully saturated rings. The molecular weight excluding hydrogens is 452 g/mol. The Bertz CT molecular complexity index is 1010. The number of nitrogens with one attached hydrogen (secondary N) is 1. The van der Waals surface area contributed by atoms with Crippen molar-refractivity contribution >= 4 is 22.0 Å². The predicted octanol–water partition coefficient (Wildman–Crippen LogP) is 3.25. The number of carbonyl (C=O) groups excluding carboxylic acids is 2. The van der Waals surface area contributed by atoms with Gasteiger partial charge in [0.15, 0.2) is 0 Å². The van der Waals surface area contributed by atoms with E-state index in [0.717, 1.165) is 19.3 Å². The first-order valence-electron chi connectivity index (χ1n) is 12.9. The zero-order chi connectivity index (χ0) is 23.8. The molecule has 4 aliphatic rings. The maximum Gasteiger partial charge on any atom is 0.326 e. The molecule has 5 rings (SSSR count). The number of benzene rings is 1. The molecule has 1 spiro atoms. The largest absolute Gasteiger partial charge is 0.326 e. The van der Waals surface area contributed by atoms with E-state index in [1.807, 2.05) is 17.0 Å². The first-order chi connectivity index (χ1) is 16.4. The third-order valence-electron chi connectivity index (χ3n) is 8.22. The van der Waals surface area contributed by atoms with Crippen LogP contribution in [-0.4, -0.2) is 72.8 Å². The van der Waals surface area contributed by atoms with Gasteiger partial charge in [-0.1, -0.05) is 50.7 Å². The van der Waals surface area contributed by atoms with Gasteiger partial charge >= 0.3 is 6.03 Å². The Morgan fingerprint density at radius 3 is 2.12 bits per heavy atom. The molecule has 8 nitrogen and oxygen atoms in total. The van der Waals surface area contributed by atoms with Gasteiger partial charge in [0.25, 0.3) is 5.91 Å². The van der Waals surface area contributed by atoms with Crippen LogP contribution in [0.4, 0.5) is 4.79 Å². The van der Waals surface area contributed by atoms with E-state index in [1.54, 1.807) is 12.1 Å². The summed E-state index contributed by atoms with van der Waals surface area (Å²) in [6.07, 6.45) is 10.6. The SMILES string of the molecule is O=C1NC2(CCCCC2)C(=O)N1CN1CCN(S(=O)(=O)c2ccc(C3CCCCC3)cc2)CC1. The highest BCUT2D eigenvalue weighted by Crippen LogP contribution is 2.35. The lowest BCUT2D eigenvalue weighted by Gasteiger charge is -2.36. The number of piperazine rings is 1. The first kappa shape index (κ1) is 23.8. The van der Waals surface area contributed by atoms with Gasteiger partial charge in [-0.15, -0.1) is 0 Å². The summed E-state index contributed by atoms with van der Waals surface area (Å²) in [5, 5.41) is 2.95. The van der Waals surface area contributed by atoms with E-state index in [2.05, 4.69) is 5.32 Å². The van der Waals surface area contributed by atoms with Crippen molar-refractivity contribution in [1.29, 1.82) is 0 Å². The molecule has 2 heterocycles. The molecule has 0 atom stereocenters. The Kier molecular flexibility index (Phi) is 6.70. The van der Waals surface area contributed by atoms with E-state index in [1.165, 1.54) is 46.9 Å². The molecule has 1 N–H and O–H groups in total. The fourth-order valence-electron chi connectivity index (χ4n) is 6.11. The maximum absolute atomic E-state index is 13.2. The van der Waals surface area contributed by atoms with Crippen LogP contribution in [0.15, 0.2) is 29.2 Å². The average Bonchev–Trinajstić information content (AvgIpc) is 3.09. The molecule has 1 aromatic rings. The molecule has 0 radical (unpaired) electrons. The lowest BCUT2D eigenvalue weighted by Crippen LogP contribution is -2.53. The second kappa shape index (κ2) is 9.59. The van der Waals surface area contributed by atoms with E-state index >= 15 is 0 Å². The monoisotopic (exact) mass is 488 g/mol. The number of rotatable bonds is 5. The van der Waals surface area contributed by atoms with Crippen LogP contribution in [0.3, 0.4) is 0 Å². The van der Waals surface area contributed by atoms with Crippen molar-refractivity contribution in [2.45, 2.75) is 80.6 Å². The second-order valence-electron chi connectivity index (χ2n) is 10.4. The van der Waals surface area contributed by atoms with Gasteiger partial charge in [-0.05, 0) is 49.3 Å². The van der Waals surface area contributed by atoms with Gasteiger partial charge in [-0.3, -0.25) is 9.69 Å². The summed E-state index contributed by atoms with van der Waals surface area (Å²) >= 11 is 0. The molecule has 3 amide bonds. The van der Waals surface area contributed by atoms with Crippen LogP contribution in [-0.2, 0) is 14.8 Å². The van der Waals surface area contributed by atoms with Crippen molar-refractivity contribution < 1.29 is 18.0 Å². The number of sulfonamides is 1. The predicted molar refractivity (Wildman–Crippen MR) is 129 cm³/mol. The summed E-state index contributed by atoms with van der Waals surface area (Å²) in [4.78, 5) is 29.2. The Labute approximate surface area is 202 Å². The van der Waals surface area contributed by atoms with E-state index in [0.29, 0.717) is 49.8 Å². The molecule has 34 heavy (non-hydrogen) atoms. The minimum absolute atomic E-state index is 0.120. The van der Waals surface area contributed by atoms with Crippen LogP contribution >= 0.6 is 0 Å². The Balaban J connectivity index is 1.18. The Morgan fingerprint density at radius 2 is 1.47 bits per heavy atom. The molecule has 2 saturated carbocycles. The molecule has 0 bridgehead atoms. The van der Waals surface area contributed by atoms with Crippen LogP contribution in [0.2, 0.25) is 0 Å². The molecule has 2 saturated heterocycles. The van der Waals surface area contributed by atoms with Crippen molar-refractivity contribution in [2.24, 2.45) is 0 Å². The maximum atomic E-state index is 13.2. The van der Waals surface area contributed by atoms with E-state index in [9.17, 15) is 18.0 Å². The molecule has 0 unspecified atom stereocenters. The number of amides is 3. The smallest absolute Gasteiger partial charge is 0.323 e. The normalized spacial score (nSPS) is 25.1. The average molecular weight is 489 g/mol. The standard InChI is InChI=1S/C25H36N4O4S/c30-23-25(13-5-2-6-14-25)26-24(31)29(23)19-27-15-17-28(18-16-27)34(32,33)22-11-9-21(10-12-22)20-7-3-1-4-8-20/h9-12,20H,1-8,13-19H2,(H,26,31). The molecule has 1 aromatic carbocycles. The molecule has 0 aromatic heterocycles. The molecule has 2 aliphatic carbocycles. The van der Waals surface area contributed by atoms with Gasteiger partial charge in [0.05, 0.1) is 11.6 Å². The lowest BCUT2D eigenvalue weighted by atomic mass is 9.82. The zero-order valence-electron chi connectivity index (χ0n) is 19.9. The number of nitrogens with zero attached hydrogens (tertiary/aromatic N) is 3. The molecule has 186 valence electrons. The third-order valence-corrected chi connectivity index (χ3v) is 10.1. The van der Waals surface area contributed by atoms with Crippen LogP contribution in [0.1, 0.15) is 75.7 Å². The van der Waals surface area contributed by atoms with Crippen molar-refractivity contribution in [1.82, 2.24) is 19.4 Å². The van der Waals surface area contributed by atoms with Crippen LogP contribution in [0, 0.1) is 0 Å². The summed E-state index contributed by atoms with van der Waals surface area (Å²) in [6.45, 7) is 1.90. The number of imide groups is 1. The van der Waals surface area contributed by atoms with E-state index in [-0.39, 0.29) is 18.6 Å². The quantitative estimate of drug-likeness (QED) is 0.643. The van der Waals surface area contributed by atoms with E-state index in [4.69, 9.17) is 0 Å². The topological polar surface area (TPSA) is 90.0 Å². The lowest BCUT2D eigenvalue weighted by molar-refractivity contribution is -0.134.